The summed E-state index contributed by atoms with van der Waals surface area (Å²) >= 11 is 0. The molecule has 2 aromatic rings. The average molecular weight is 497 g/mol. The molecule has 0 amide bonds. The van der Waals surface area contributed by atoms with E-state index in [0.29, 0.717) is 11.1 Å². The molecule has 1 aliphatic heterocycles. The van der Waals surface area contributed by atoms with Crippen LogP contribution in [0.4, 0.5) is 0 Å². The van der Waals surface area contributed by atoms with Gasteiger partial charge in [-0.15, -0.1) is 0 Å². The number of nitrogens with zero attached hydrogens (tertiary/aromatic N) is 2. The molecule has 35 heavy (non-hydrogen) atoms. The summed E-state index contributed by atoms with van der Waals surface area (Å²) in [5.41, 5.74) is 0.127. The number of carbonyl (C=O) groups excluding carboxylic acids is 2. The Hall–Kier alpha value is -3.66. The van der Waals surface area contributed by atoms with Crippen LogP contribution in [0, 0.1) is 0 Å². The number of rotatable bonds is 3. The van der Waals surface area contributed by atoms with Gasteiger partial charge in [-0.2, -0.15) is 9.19 Å². The van der Waals surface area contributed by atoms with Crippen LogP contribution in [-0.4, -0.2) is 44.1 Å². The van der Waals surface area contributed by atoms with Crippen LogP contribution in [0.2, 0.25) is 0 Å². The van der Waals surface area contributed by atoms with Crippen molar-refractivity contribution in [1.29, 1.82) is 0 Å². The fourth-order valence-corrected chi connectivity index (χ4v) is 7.07. The van der Waals surface area contributed by atoms with E-state index in [1.165, 1.54) is 44.3 Å². The quantitative estimate of drug-likeness (QED) is 0.613. The highest BCUT2D eigenvalue weighted by molar-refractivity contribution is 7.91. The Morgan fingerprint density at radius 2 is 1.86 bits per heavy atom. The Bertz CT molecular complexity index is 1570. The second-order valence-corrected chi connectivity index (χ2v) is 11.9. The zero-order valence-corrected chi connectivity index (χ0v) is 20.6. The number of allylic oxidation sites excluding steroid dienone is 3. The normalized spacial score (nSPS) is 25.3. The molecule has 2 heterocycles. The van der Waals surface area contributed by atoms with Gasteiger partial charge in [0.2, 0.25) is 0 Å². The number of hydrogen-bond donors (Lipinski definition) is 2. The Balaban J connectivity index is 1.70. The van der Waals surface area contributed by atoms with Gasteiger partial charge in [-0.25, -0.2) is 8.42 Å². The Labute approximate surface area is 202 Å². The van der Waals surface area contributed by atoms with Gasteiger partial charge in [0.1, 0.15) is 38.7 Å². The first kappa shape index (κ1) is 23.1. The molecule has 0 saturated carbocycles. The minimum Gasteiger partial charge on any atom is -0.508 e. The number of ether oxygens (including phenoxy) is 1. The van der Waals surface area contributed by atoms with Crippen molar-refractivity contribution >= 4 is 27.7 Å². The lowest BCUT2D eigenvalue weighted by Crippen LogP contribution is -2.44. The molecule has 0 saturated heterocycles. The number of Topliss-reactive ketones (excluding diaryl/α,β-unsaturated/α-hetero) is 2. The van der Waals surface area contributed by atoms with E-state index < -0.39 is 31.8 Å². The van der Waals surface area contributed by atoms with E-state index in [4.69, 9.17) is 4.74 Å². The number of ketones is 2. The summed E-state index contributed by atoms with van der Waals surface area (Å²) in [4.78, 5) is 25.9. The molecule has 0 spiro atoms. The van der Waals surface area contributed by atoms with Crippen LogP contribution >= 0.6 is 0 Å². The first-order chi connectivity index (χ1) is 16.2. The summed E-state index contributed by atoms with van der Waals surface area (Å²) in [7, 11) is -4.24. The van der Waals surface area contributed by atoms with Crippen molar-refractivity contribution in [2.45, 2.75) is 51.2 Å². The Morgan fingerprint density at radius 3 is 2.51 bits per heavy atom. The number of aromatic hydroxyl groups is 1. The van der Waals surface area contributed by atoms with Gasteiger partial charge in [0, 0.05) is 11.6 Å². The highest BCUT2D eigenvalue weighted by atomic mass is 32.2. The number of aliphatic hydroxyl groups excluding tert-OH is 1. The monoisotopic (exact) mass is 496 g/mol. The Kier molecular flexibility index (Phi) is 4.58. The summed E-state index contributed by atoms with van der Waals surface area (Å²) in [5, 5.41) is 24.7. The van der Waals surface area contributed by atoms with Crippen molar-refractivity contribution in [3.63, 3.8) is 0 Å². The standard InChI is InChI=1S/C25H24N2O7S/c1-12-8-19(30)13(2)24(4,10-12)35(32,33)27-17-9-20-25(5,23(31)15(17)11-26-27)16-6-7-18(29)21(14(3)28)22(16)34-20/h6-9,11,29-30H,10H2,1-5H3/t24?,25-/m1/s1. The molecule has 0 fully saturated rings. The molecule has 0 radical (unpaired) electrons. The van der Waals surface area contributed by atoms with Gasteiger partial charge in [-0.05, 0) is 58.8 Å². The molecular weight excluding hydrogens is 472 g/mol. The van der Waals surface area contributed by atoms with Crippen molar-refractivity contribution < 1.29 is 33.0 Å². The SMILES string of the molecule is CC(=O)c1c(O)ccc2c1OC1=Cc3c(cnn3S(=O)(=O)C3(C)CC(C)=CC(O)=C3C)C(=O)[C@@]12C. The fraction of sp³-hybridized carbons (Fsp3) is 0.320. The predicted octanol–water partition coefficient (Wildman–Crippen LogP) is 3.80. The van der Waals surface area contributed by atoms with Crippen LogP contribution in [0.25, 0.3) is 6.08 Å². The largest absolute Gasteiger partial charge is 0.508 e. The molecule has 10 heteroatoms. The van der Waals surface area contributed by atoms with Crippen molar-refractivity contribution in [2.24, 2.45) is 0 Å². The zero-order chi connectivity index (χ0) is 25.7. The lowest BCUT2D eigenvalue weighted by molar-refractivity contribution is 0.0907. The molecule has 5 rings (SSSR count). The van der Waals surface area contributed by atoms with E-state index in [1.807, 2.05) is 0 Å². The molecule has 9 nitrogen and oxygen atoms in total. The maximum atomic E-state index is 13.9. The maximum absolute atomic E-state index is 13.9. The first-order valence-electron chi connectivity index (χ1n) is 11.0. The van der Waals surface area contributed by atoms with Crippen LogP contribution in [-0.2, 0) is 15.4 Å². The summed E-state index contributed by atoms with van der Waals surface area (Å²) in [6, 6.07) is 2.86. The topological polar surface area (TPSA) is 136 Å². The van der Waals surface area contributed by atoms with E-state index in [9.17, 15) is 28.2 Å². The second-order valence-electron chi connectivity index (χ2n) is 9.66. The van der Waals surface area contributed by atoms with E-state index in [1.54, 1.807) is 20.8 Å². The molecule has 182 valence electrons. The fourth-order valence-electron chi connectivity index (χ4n) is 5.20. The Morgan fingerprint density at radius 1 is 1.17 bits per heavy atom. The van der Waals surface area contributed by atoms with E-state index in [-0.39, 0.29) is 51.8 Å². The third-order valence-corrected chi connectivity index (χ3v) is 9.78. The molecule has 0 bridgehead atoms. The zero-order valence-electron chi connectivity index (χ0n) is 19.8. The molecule has 1 unspecified atom stereocenters. The summed E-state index contributed by atoms with van der Waals surface area (Å²) in [5.74, 6) is -1.05. The highest BCUT2D eigenvalue weighted by Gasteiger charge is 2.54. The predicted molar refractivity (Wildman–Crippen MR) is 127 cm³/mol. The molecule has 2 atom stereocenters. The third kappa shape index (κ3) is 2.74. The number of aromatic nitrogens is 2. The molecule has 1 aromatic heterocycles. The van der Waals surface area contributed by atoms with Crippen LogP contribution in [0.15, 0.2) is 47.1 Å². The van der Waals surface area contributed by atoms with Crippen molar-refractivity contribution in [2.75, 3.05) is 0 Å². The lowest BCUT2D eigenvalue weighted by Gasteiger charge is -2.34. The number of aliphatic hydroxyl groups is 1. The van der Waals surface area contributed by atoms with Gasteiger partial charge in [0.05, 0.1) is 17.5 Å². The first-order valence-corrected chi connectivity index (χ1v) is 12.4. The minimum atomic E-state index is -4.24. The number of phenols is 1. The molecule has 1 aromatic carbocycles. The van der Waals surface area contributed by atoms with Gasteiger partial charge in [0.15, 0.2) is 11.6 Å². The van der Waals surface area contributed by atoms with Crippen molar-refractivity contribution in [1.82, 2.24) is 9.19 Å². The van der Waals surface area contributed by atoms with Gasteiger partial charge in [-0.1, -0.05) is 11.6 Å². The van der Waals surface area contributed by atoms with Gasteiger partial charge >= 0.3 is 0 Å². The summed E-state index contributed by atoms with van der Waals surface area (Å²) in [6.45, 7) is 7.72. The summed E-state index contributed by atoms with van der Waals surface area (Å²) < 4.78 is 33.1. The maximum Gasteiger partial charge on any atom is 0.264 e. The van der Waals surface area contributed by atoms with E-state index >= 15 is 0 Å². The van der Waals surface area contributed by atoms with E-state index in [0.717, 1.165) is 4.09 Å². The van der Waals surface area contributed by atoms with Crippen molar-refractivity contribution in [3.8, 4) is 11.5 Å². The van der Waals surface area contributed by atoms with Crippen LogP contribution in [0.3, 0.4) is 0 Å². The molecule has 3 aliphatic rings. The number of fused-ring (bicyclic) bond motifs is 4. The lowest BCUT2D eigenvalue weighted by atomic mass is 9.72. The summed E-state index contributed by atoms with van der Waals surface area (Å²) in [6.07, 6.45) is 4.33. The number of hydrogen-bond acceptors (Lipinski definition) is 8. The second kappa shape index (κ2) is 6.94. The number of benzene rings is 1. The third-order valence-electron chi connectivity index (χ3n) is 7.45. The minimum absolute atomic E-state index is 0.0320. The van der Waals surface area contributed by atoms with Gasteiger partial charge in [-0.3, -0.25) is 9.59 Å². The molecule has 2 N–H and O–H groups in total. The van der Waals surface area contributed by atoms with Crippen LogP contribution in [0.5, 0.6) is 11.5 Å². The van der Waals surface area contributed by atoms with Crippen LogP contribution in [0.1, 0.15) is 73.0 Å². The van der Waals surface area contributed by atoms with Crippen molar-refractivity contribution in [3.05, 3.63) is 69.5 Å². The van der Waals surface area contributed by atoms with Gasteiger partial charge < -0.3 is 14.9 Å². The smallest absolute Gasteiger partial charge is 0.264 e. The average Bonchev–Trinajstić information content (AvgIpc) is 3.31. The number of carbonyl (C=O) groups is 2. The van der Waals surface area contributed by atoms with Crippen LogP contribution < -0.4 is 4.74 Å². The highest BCUT2D eigenvalue weighted by Crippen LogP contribution is 2.53. The molecular formula is C25H24N2O7S. The number of phenolic OH excluding ortho intramolecular Hbond substituents is 1. The van der Waals surface area contributed by atoms with Gasteiger partial charge in [0.25, 0.3) is 10.0 Å². The van der Waals surface area contributed by atoms with E-state index in [2.05, 4.69) is 5.10 Å². The molecule has 2 aliphatic carbocycles.